The molecule has 1 aliphatic heterocycles. The molecule has 1 saturated heterocycles. The predicted octanol–water partition coefficient (Wildman–Crippen LogP) is -0.182. The van der Waals surface area contributed by atoms with Gasteiger partial charge in [-0.1, -0.05) is 0 Å². The third kappa shape index (κ3) is 4.55. The van der Waals surface area contributed by atoms with Crippen LogP contribution in [-0.2, 0) is 4.79 Å². The van der Waals surface area contributed by atoms with Crippen molar-refractivity contribution < 1.29 is 4.79 Å². The van der Waals surface area contributed by atoms with Crippen LogP contribution in [0.4, 0.5) is 0 Å². The molecule has 0 aromatic rings. The van der Waals surface area contributed by atoms with E-state index in [4.69, 9.17) is 5.73 Å². The predicted molar refractivity (Wildman–Crippen MR) is 74.4 cm³/mol. The Morgan fingerprint density at radius 1 is 1.33 bits per heavy atom. The zero-order chi connectivity index (χ0) is 13.7. The number of likely N-dealkylation sites (N-methyl/N-ethyl adjacent to an activating group) is 1. The van der Waals surface area contributed by atoms with E-state index < -0.39 is 6.04 Å². The maximum atomic E-state index is 12.2. The minimum Gasteiger partial charge on any atom is -0.337 e. The van der Waals surface area contributed by atoms with Crippen molar-refractivity contribution in [1.29, 1.82) is 0 Å². The average Bonchev–Trinajstić information content (AvgIpc) is 2.30. The average molecular weight is 256 g/mol. The summed E-state index contributed by atoms with van der Waals surface area (Å²) in [5.74, 6) is 0.0893. The number of hydrogen-bond acceptors (Lipinski definition) is 4. The smallest absolute Gasteiger partial charge is 0.239 e. The number of likely N-dealkylation sites (tertiary alicyclic amines) is 1. The zero-order valence-electron chi connectivity index (χ0n) is 12.2. The number of carbonyl (C=O) groups excluding carboxylic acids is 1. The number of piperidine rings is 1. The van der Waals surface area contributed by atoms with Gasteiger partial charge in [0.15, 0.2) is 0 Å². The molecule has 106 valence electrons. The molecule has 0 aromatic heterocycles. The third-order valence-corrected chi connectivity index (χ3v) is 3.59. The van der Waals surface area contributed by atoms with Gasteiger partial charge in [0.25, 0.3) is 0 Å². The van der Waals surface area contributed by atoms with Crippen LogP contribution in [0.3, 0.4) is 0 Å². The first kappa shape index (κ1) is 15.4. The van der Waals surface area contributed by atoms with E-state index in [0.29, 0.717) is 6.04 Å². The Bertz CT molecular complexity index is 260. The van der Waals surface area contributed by atoms with Crippen LogP contribution in [0.1, 0.15) is 19.8 Å². The van der Waals surface area contributed by atoms with Gasteiger partial charge in [0.05, 0.1) is 6.04 Å². The standard InChI is InChI=1S/C13H28N4O/c1-11(14)13(18)17(10-9-15(2)3)12-5-7-16(4)8-6-12/h11-12H,5-10,14H2,1-4H3/t11-/m1/s1. The lowest BCUT2D eigenvalue weighted by Crippen LogP contribution is -2.52. The second-order valence-corrected chi connectivity index (χ2v) is 5.66. The fourth-order valence-electron chi connectivity index (χ4n) is 2.35. The minimum atomic E-state index is -0.396. The highest BCUT2D eigenvalue weighted by molar-refractivity contribution is 5.81. The van der Waals surface area contributed by atoms with Gasteiger partial charge in [0.1, 0.15) is 0 Å². The number of carbonyl (C=O) groups is 1. The summed E-state index contributed by atoms with van der Waals surface area (Å²) >= 11 is 0. The third-order valence-electron chi connectivity index (χ3n) is 3.59. The Balaban J connectivity index is 2.61. The van der Waals surface area contributed by atoms with E-state index in [1.54, 1.807) is 6.92 Å². The van der Waals surface area contributed by atoms with Gasteiger partial charge in [-0.2, -0.15) is 0 Å². The van der Waals surface area contributed by atoms with Crippen LogP contribution in [-0.4, -0.2) is 80.0 Å². The van der Waals surface area contributed by atoms with Crippen molar-refractivity contribution in [2.45, 2.75) is 31.8 Å². The summed E-state index contributed by atoms with van der Waals surface area (Å²) in [6.07, 6.45) is 2.12. The molecule has 1 rings (SSSR count). The van der Waals surface area contributed by atoms with Crippen LogP contribution in [0.2, 0.25) is 0 Å². The fraction of sp³-hybridized carbons (Fsp3) is 0.923. The highest BCUT2D eigenvalue weighted by Gasteiger charge is 2.28. The molecule has 0 aliphatic carbocycles. The van der Waals surface area contributed by atoms with Crippen LogP contribution < -0.4 is 5.73 Å². The van der Waals surface area contributed by atoms with Crippen LogP contribution >= 0.6 is 0 Å². The Morgan fingerprint density at radius 2 is 1.89 bits per heavy atom. The Hall–Kier alpha value is -0.650. The molecule has 1 amide bonds. The van der Waals surface area contributed by atoms with Gasteiger partial charge in [0.2, 0.25) is 5.91 Å². The fourth-order valence-corrected chi connectivity index (χ4v) is 2.35. The van der Waals surface area contributed by atoms with Crippen LogP contribution in [0.15, 0.2) is 0 Å². The van der Waals surface area contributed by atoms with Crippen molar-refractivity contribution >= 4 is 5.91 Å². The van der Waals surface area contributed by atoms with Crippen molar-refractivity contribution in [1.82, 2.24) is 14.7 Å². The molecular formula is C13H28N4O. The minimum absolute atomic E-state index is 0.0893. The van der Waals surface area contributed by atoms with Gasteiger partial charge in [-0.25, -0.2) is 0 Å². The molecule has 0 radical (unpaired) electrons. The number of rotatable bonds is 5. The SMILES string of the molecule is C[C@@H](N)C(=O)N(CCN(C)C)C1CCN(C)CC1. The molecule has 5 nitrogen and oxygen atoms in total. The van der Waals surface area contributed by atoms with Crippen molar-refractivity contribution in [2.24, 2.45) is 5.73 Å². The quantitative estimate of drug-likeness (QED) is 0.741. The number of hydrogen-bond donors (Lipinski definition) is 1. The molecule has 0 saturated carbocycles. The summed E-state index contributed by atoms with van der Waals surface area (Å²) in [7, 11) is 6.19. The summed E-state index contributed by atoms with van der Waals surface area (Å²) < 4.78 is 0. The van der Waals surface area contributed by atoms with Crippen molar-refractivity contribution in [2.75, 3.05) is 47.3 Å². The Morgan fingerprint density at radius 3 is 2.33 bits per heavy atom. The molecule has 5 heteroatoms. The number of nitrogens with two attached hydrogens (primary N) is 1. The summed E-state index contributed by atoms with van der Waals surface area (Å²) in [6.45, 7) is 5.58. The van der Waals surface area contributed by atoms with Gasteiger partial charge < -0.3 is 20.4 Å². The molecule has 1 fully saturated rings. The maximum Gasteiger partial charge on any atom is 0.239 e. The van der Waals surface area contributed by atoms with Gasteiger partial charge >= 0.3 is 0 Å². The van der Waals surface area contributed by atoms with E-state index in [2.05, 4.69) is 16.8 Å². The number of nitrogens with zero attached hydrogens (tertiary/aromatic N) is 3. The first-order chi connectivity index (χ1) is 8.41. The van der Waals surface area contributed by atoms with Crippen molar-refractivity contribution in [3.05, 3.63) is 0 Å². The molecule has 1 atom stereocenters. The summed E-state index contributed by atoms with van der Waals surface area (Å²) in [6, 6.07) is -0.0357. The van der Waals surface area contributed by atoms with E-state index >= 15 is 0 Å². The lowest BCUT2D eigenvalue weighted by atomic mass is 10.0. The number of amides is 1. The molecule has 0 spiro atoms. The molecule has 1 aliphatic rings. The van der Waals surface area contributed by atoms with Gasteiger partial charge in [-0.05, 0) is 54.0 Å². The Labute approximate surface area is 111 Å². The van der Waals surface area contributed by atoms with Crippen LogP contribution in [0, 0.1) is 0 Å². The van der Waals surface area contributed by atoms with E-state index in [1.807, 2.05) is 19.0 Å². The summed E-state index contributed by atoms with van der Waals surface area (Å²) in [5.41, 5.74) is 5.76. The van der Waals surface area contributed by atoms with Crippen LogP contribution in [0.5, 0.6) is 0 Å². The molecule has 0 unspecified atom stereocenters. The monoisotopic (exact) mass is 256 g/mol. The summed E-state index contributed by atoms with van der Waals surface area (Å²) in [5, 5.41) is 0. The second kappa shape index (κ2) is 7.07. The first-order valence-corrected chi connectivity index (χ1v) is 6.81. The van der Waals surface area contributed by atoms with Gasteiger partial charge in [0, 0.05) is 19.1 Å². The van der Waals surface area contributed by atoms with Gasteiger partial charge in [-0.3, -0.25) is 4.79 Å². The molecule has 0 bridgehead atoms. The van der Waals surface area contributed by atoms with E-state index in [-0.39, 0.29) is 5.91 Å². The van der Waals surface area contributed by atoms with Crippen LogP contribution in [0.25, 0.3) is 0 Å². The maximum absolute atomic E-state index is 12.2. The largest absolute Gasteiger partial charge is 0.337 e. The highest BCUT2D eigenvalue weighted by atomic mass is 16.2. The normalized spacial score (nSPS) is 20.1. The van der Waals surface area contributed by atoms with E-state index in [9.17, 15) is 4.79 Å². The first-order valence-electron chi connectivity index (χ1n) is 6.81. The molecular weight excluding hydrogens is 228 g/mol. The zero-order valence-corrected chi connectivity index (χ0v) is 12.2. The van der Waals surface area contributed by atoms with E-state index in [0.717, 1.165) is 39.0 Å². The lowest BCUT2D eigenvalue weighted by Gasteiger charge is -2.38. The highest BCUT2D eigenvalue weighted by Crippen LogP contribution is 2.16. The van der Waals surface area contributed by atoms with Gasteiger partial charge in [-0.15, -0.1) is 0 Å². The topological polar surface area (TPSA) is 52.8 Å². The van der Waals surface area contributed by atoms with Crippen molar-refractivity contribution in [3.8, 4) is 0 Å². The lowest BCUT2D eigenvalue weighted by molar-refractivity contribution is -0.135. The molecule has 2 N–H and O–H groups in total. The molecule has 0 aromatic carbocycles. The Kier molecular flexibility index (Phi) is 6.05. The molecule has 18 heavy (non-hydrogen) atoms. The second-order valence-electron chi connectivity index (χ2n) is 5.66. The van der Waals surface area contributed by atoms with Crippen molar-refractivity contribution in [3.63, 3.8) is 0 Å². The molecule has 1 heterocycles. The summed E-state index contributed by atoms with van der Waals surface area (Å²) in [4.78, 5) is 18.6. The van der Waals surface area contributed by atoms with E-state index in [1.165, 1.54) is 0 Å².